The minimum absolute atomic E-state index is 0.437. The molecule has 0 saturated heterocycles. The van der Waals surface area contributed by atoms with Gasteiger partial charge in [0.25, 0.3) is 0 Å². The molecular formula is C16H24N4. The molecule has 20 heavy (non-hydrogen) atoms. The van der Waals surface area contributed by atoms with Crippen molar-refractivity contribution in [1.82, 2.24) is 20.1 Å². The number of hydrogen-bond donors (Lipinski definition) is 1. The maximum Gasteiger partial charge on any atom is 0.153 e. The van der Waals surface area contributed by atoms with Gasteiger partial charge in [-0.15, -0.1) is 0 Å². The normalized spacial score (nSPS) is 11.5. The van der Waals surface area contributed by atoms with Crippen LogP contribution in [0.15, 0.2) is 30.5 Å². The van der Waals surface area contributed by atoms with Gasteiger partial charge in [0, 0.05) is 12.7 Å². The molecule has 0 spiro atoms. The van der Waals surface area contributed by atoms with Crippen LogP contribution in [-0.4, -0.2) is 21.3 Å². The molecule has 2 aromatic heterocycles. The third kappa shape index (κ3) is 3.90. The molecule has 0 aliphatic heterocycles. The Morgan fingerprint density at radius 1 is 1.15 bits per heavy atom. The van der Waals surface area contributed by atoms with Crippen molar-refractivity contribution in [1.29, 1.82) is 0 Å². The third-order valence-electron chi connectivity index (χ3n) is 3.09. The summed E-state index contributed by atoms with van der Waals surface area (Å²) >= 11 is 0. The predicted molar refractivity (Wildman–Crippen MR) is 82.0 cm³/mol. The van der Waals surface area contributed by atoms with Gasteiger partial charge in [-0.05, 0) is 36.6 Å². The first-order chi connectivity index (χ1) is 9.56. The summed E-state index contributed by atoms with van der Waals surface area (Å²) < 4.78 is 1.85. The first-order valence-electron chi connectivity index (χ1n) is 7.29. The molecule has 4 heteroatoms. The van der Waals surface area contributed by atoms with E-state index in [9.17, 15) is 0 Å². The second-order valence-corrected chi connectivity index (χ2v) is 5.85. The predicted octanol–water partition coefficient (Wildman–Crippen LogP) is 3.14. The van der Waals surface area contributed by atoms with Gasteiger partial charge in [0.15, 0.2) is 5.82 Å². The summed E-state index contributed by atoms with van der Waals surface area (Å²) in [6.07, 6.45) is 1.98. The molecule has 0 fully saturated rings. The van der Waals surface area contributed by atoms with Gasteiger partial charge in [0.2, 0.25) is 0 Å². The van der Waals surface area contributed by atoms with Gasteiger partial charge < -0.3 is 5.32 Å². The first-order valence-corrected chi connectivity index (χ1v) is 7.29. The molecule has 2 rings (SSSR count). The Hall–Kier alpha value is -1.68. The van der Waals surface area contributed by atoms with E-state index < -0.39 is 0 Å². The van der Waals surface area contributed by atoms with E-state index in [0.29, 0.717) is 11.8 Å². The average molecular weight is 272 g/mol. The fourth-order valence-electron chi connectivity index (χ4n) is 1.96. The van der Waals surface area contributed by atoms with Crippen molar-refractivity contribution in [3.8, 4) is 5.82 Å². The largest absolute Gasteiger partial charge is 0.311 e. The summed E-state index contributed by atoms with van der Waals surface area (Å²) in [5.74, 6) is 1.96. The quantitative estimate of drug-likeness (QED) is 0.878. The van der Waals surface area contributed by atoms with Gasteiger partial charge in [0.05, 0.1) is 11.4 Å². The minimum atomic E-state index is 0.437. The van der Waals surface area contributed by atoms with E-state index >= 15 is 0 Å². The van der Waals surface area contributed by atoms with Crippen LogP contribution in [-0.2, 0) is 6.54 Å². The van der Waals surface area contributed by atoms with Crippen LogP contribution in [0.2, 0.25) is 0 Å². The molecule has 0 saturated carbocycles. The van der Waals surface area contributed by atoms with Crippen LogP contribution in [0.1, 0.15) is 45.0 Å². The van der Waals surface area contributed by atoms with Crippen molar-refractivity contribution in [2.75, 3.05) is 6.54 Å². The van der Waals surface area contributed by atoms with Gasteiger partial charge >= 0.3 is 0 Å². The van der Waals surface area contributed by atoms with E-state index in [1.54, 1.807) is 0 Å². The monoisotopic (exact) mass is 272 g/mol. The van der Waals surface area contributed by atoms with Gasteiger partial charge in [-0.2, -0.15) is 5.10 Å². The van der Waals surface area contributed by atoms with Gasteiger partial charge in [-0.3, -0.25) is 0 Å². The summed E-state index contributed by atoms with van der Waals surface area (Å²) in [5, 5.41) is 7.97. The van der Waals surface area contributed by atoms with Crippen molar-refractivity contribution in [2.45, 2.75) is 40.2 Å². The molecule has 0 aromatic carbocycles. The van der Waals surface area contributed by atoms with E-state index in [-0.39, 0.29) is 0 Å². The van der Waals surface area contributed by atoms with Gasteiger partial charge in [-0.1, -0.05) is 33.8 Å². The molecule has 1 N–H and O–H groups in total. The molecule has 2 heterocycles. The summed E-state index contributed by atoms with van der Waals surface area (Å²) in [6.45, 7) is 10.5. The fourth-order valence-corrected chi connectivity index (χ4v) is 1.96. The van der Waals surface area contributed by atoms with E-state index in [4.69, 9.17) is 0 Å². The van der Waals surface area contributed by atoms with Crippen LogP contribution in [0, 0.1) is 5.92 Å². The van der Waals surface area contributed by atoms with Crippen LogP contribution in [0.3, 0.4) is 0 Å². The molecular weight excluding hydrogens is 248 g/mol. The highest BCUT2D eigenvalue weighted by atomic mass is 15.3. The highest BCUT2D eigenvalue weighted by Gasteiger charge is 2.06. The molecule has 4 nitrogen and oxygen atoms in total. The Balaban J connectivity index is 2.08. The Morgan fingerprint density at radius 2 is 1.95 bits per heavy atom. The second kappa shape index (κ2) is 6.66. The topological polar surface area (TPSA) is 42.7 Å². The number of hydrogen-bond acceptors (Lipinski definition) is 3. The molecule has 0 unspecified atom stereocenters. The number of aromatic nitrogens is 3. The lowest BCUT2D eigenvalue weighted by molar-refractivity contribution is 0.547. The van der Waals surface area contributed by atoms with Gasteiger partial charge in [-0.25, -0.2) is 9.67 Å². The standard InChI is InChI=1S/C16H24N4/c1-12(2)10-17-11-14-6-5-7-16(18-14)20-9-8-15(19-20)13(3)4/h5-9,12-13,17H,10-11H2,1-4H3. The van der Waals surface area contributed by atoms with Crippen LogP contribution in [0.4, 0.5) is 0 Å². The smallest absolute Gasteiger partial charge is 0.153 e. The summed E-state index contributed by atoms with van der Waals surface area (Å²) in [6, 6.07) is 8.12. The molecule has 2 aromatic rings. The zero-order valence-corrected chi connectivity index (χ0v) is 12.8. The van der Waals surface area contributed by atoms with Crippen LogP contribution >= 0.6 is 0 Å². The van der Waals surface area contributed by atoms with Crippen molar-refractivity contribution in [2.24, 2.45) is 5.92 Å². The van der Waals surface area contributed by atoms with Crippen molar-refractivity contribution in [3.05, 3.63) is 41.9 Å². The molecule has 0 aliphatic carbocycles. The number of pyridine rings is 1. The average Bonchev–Trinajstić information content (AvgIpc) is 2.88. The Morgan fingerprint density at radius 3 is 2.60 bits per heavy atom. The highest BCUT2D eigenvalue weighted by molar-refractivity contribution is 5.24. The summed E-state index contributed by atoms with van der Waals surface area (Å²) in [7, 11) is 0. The SMILES string of the molecule is CC(C)CNCc1cccc(-n2ccc(C(C)C)n2)n1. The van der Waals surface area contributed by atoms with E-state index in [2.05, 4.69) is 49.2 Å². The lowest BCUT2D eigenvalue weighted by Gasteiger charge is -2.08. The van der Waals surface area contributed by atoms with Crippen molar-refractivity contribution in [3.63, 3.8) is 0 Å². The molecule has 0 bridgehead atoms. The van der Waals surface area contributed by atoms with E-state index in [1.165, 1.54) is 0 Å². The zero-order chi connectivity index (χ0) is 14.5. The zero-order valence-electron chi connectivity index (χ0n) is 12.8. The Bertz CT molecular complexity index is 543. The van der Waals surface area contributed by atoms with Crippen LogP contribution in [0.5, 0.6) is 0 Å². The molecule has 0 atom stereocenters. The number of nitrogens with zero attached hydrogens (tertiary/aromatic N) is 3. The first kappa shape index (κ1) is 14.7. The van der Waals surface area contributed by atoms with Crippen LogP contribution < -0.4 is 5.32 Å². The highest BCUT2D eigenvalue weighted by Crippen LogP contribution is 2.13. The molecule has 108 valence electrons. The van der Waals surface area contributed by atoms with E-state index in [1.807, 2.05) is 29.1 Å². The van der Waals surface area contributed by atoms with E-state index in [0.717, 1.165) is 30.3 Å². The third-order valence-corrected chi connectivity index (χ3v) is 3.09. The maximum atomic E-state index is 4.65. The van der Waals surface area contributed by atoms with Crippen molar-refractivity contribution >= 4 is 0 Å². The molecule has 0 amide bonds. The fraction of sp³-hybridized carbons (Fsp3) is 0.500. The summed E-state index contributed by atoms with van der Waals surface area (Å²) in [5.41, 5.74) is 2.14. The second-order valence-electron chi connectivity index (χ2n) is 5.85. The van der Waals surface area contributed by atoms with Gasteiger partial charge in [0.1, 0.15) is 0 Å². The Labute approximate surface area is 121 Å². The number of rotatable bonds is 6. The minimum Gasteiger partial charge on any atom is -0.311 e. The lowest BCUT2D eigenvalue weighted by atomic mass is 10.1. The lowest BCUT2D eigenvalue weighted by Crippen LogP contribution is -2.19. The maximum absolute atomic E-state index is 4.65. The summed E-state index contributed by atoms with van der Waals surface area (Å²) in [4.78, 5) is 4.65. The molecule has 0 radical (unpaired) electrons. The van der Waals surface area contributed by atoms with Crippen LogP contribution in [0.25, 0.3) is 5.82 Å². The van der Waals surface area contributed by atoms with Crippen molar-refractivity contribution < 1.29 is 0 Å². The Kier molecular flexibility index (Phi) is 4.90. The molecule has 0 aliphatic rings. The number of nitrogens with one attached hydrogen (secondary N) is 1.